The zero-order valence-electron chi connectivity index (χ0n) is 10.4. The largest absolute Gasteiger partial charge is 0.382 e. The Bertz CT molecular complexity index is 198. The van der Waals surface area contributed by atoms with E-state index in [2.05, 4.69) is 10.2 Å². The fourth-order valence-corrected chi connectivity index (χ4v) is 2.64. The van der Waals surface area contributed by atoms with Crippen molar-refractivity contribution >= 4 is 24.8 Å². The molecule has 2 fully saturated rings. The van der Waals surface area contributed by atoms with E-state index >= 15 is 0 Å². The molecule has 0 unspecified atom stereocenters. The van der Waals surface area contributed by atoms with E-state index in [-0.39, 0.29) is 24.8 Å². The number of hydrogen-bond donors (Lipinski definition) is 1. The summed E-state index contributed by atoms with van der Waals surface area (Å²) in [5.74, 6) is 0.893. The van der Waals surface area contributed by atoms with Gasteiger partial charge in [0.05, 0.1) is 19.8 Å². The van der Waals surface area contributed by atoms with Gasteiger partial charge in [-0.05, 0) is 25.4 Å². The molecule has 2 heterocycles. The quantitative estimate of drug-likeness (QED) is 0.732. The first-order chi connectivity index (χ1) is 7.42. The van der Waals surface area contributed by atoms with Crippen molar-refractivity contribution in [3.63, 3.8) is 0 Å². The van der Waals surface area contributed by atoms with Gasteiger partial charge in [-0.15, -0.1) is 24.8 Å². The van der Waals surface area contributed by atoms with Crippen LogP contribution in [0.1, 0.15) is 6.42 Å². The van der Waals surface area contributed by atoms with Gasteiger partial charge < -0.3 is 14.8 Å². The number of likely N-dealkylation sites (tertiary alicyclic amines) is 1. The third kappa shape index (κ3) is 4.89. The summed E-state index contributed by atoms with van der Waals surface area (Å²) in [7, 11) is 1.71. The molecule has 2 aliphatic heterocycles. The van der Waals surface area contributed by atoms with E-state index in [0.717, 1.165) is 31.7 Å². The van der Waals surface area contributed by atoms with Gasteiger partial charge in [0, 0.05) is 26.2 Å². The van der Waals surface area contributed by atoms with Crippen molar-refractivity contribution in [3.8, 4) is 0 Å². The lowest BCUT2D eigenvalue weighted by molar-refractivity contribution is 0.0553. The van der Waals surface area contributed by atoms with Crippen molar-refractivity contribution in [2.45, 2.75) is 12.5 Å². The standard InChI is InChI=1S/C11H22N2O2.2ClH/c1-14-6-7-15-5-4-13-3-2-10-8-12-9-11(10)13;;/h10-12H,2-9H2,1H3;2*1H/t10-,11+;;/m0../s1. The Morgan fingerprint density at radius 1 is 1.18 bits per heavy atom. The highest BCUT2D eigenvalue weighted by molar-refractivity contribution is 5.85. The minimum atomic E-state index is 0. The molecule has 2 aliphatic rings. The fraction of sp³-hybridized carbons (Fsp3) is 1.00. The van der Waals surface area contributed by atoms with Gasteiger partial charge in [-0.2, -0.15) is 0 Å². The van der Waals surface area contributed by atoms with E-state index in [4.69, 9.17) is 9.47 Å². The SMILES string of the molecule is COCCOCCN1CC[C@H]2CNC[C@H]21.Cl.Cl. The maximum absolute atomic E-state index is 5.50. The molecule has 0 radical (unpaired) electrons. The molecule has 0 spiro atoms. The molecule has 0 aromatic heterocycles. The molecule has 2 atom stereocenters. The Morgan fingerprint density at radius 3 is 2.76 bits per heavy atom. The lowest BCUT2D eigenvalue weighted by Crippen LogP contribution is -2.36. The van der Waals surface area contributed by atoms with Crippen LogP contribution in [0.2, 0.25) is 0 Å². The van der Waals surface area contributed by atoms with E-state index in [1.54, 1.807) is 7.11 Å². The van der Waals surface area contributed by atoms with Crippen LogP contribution in [-0.4, -0.2) is 64.1 Å². The van der Waals surface area contributed by atoms with Crippen LogP contribution in [-0.2, 0) is 9.47 Å². The van der Waals surface area contributed by atoms with Crippen LogP contribution in [0.15, 0.2) is 0 Å². The van der Waals surface area contributed by atoms with Gasteiger partial charge in [0.15, 0.2) is 0 Å². The van der Waals surface area contributed by atoms with Crippen molar-refractivity contribution in [3.05, 3.63) is 0 Å². The van der Waals surface area contributed by atoms with Crippen LogP contribution < -0.4 is 5.32 Å². The Balaban J connectivity index is 0.00000128. The fourth-order valence-electron chi connectivity index (χ4n) is 2.64. The average molecular weight is 287 g/mol. The van der Waals surface area contributed by atoms with Crippen molar-refractivity contribution < 1.29 is 9.47 Å². The van der Waals surface area contributed by atoms with Gasteiger partial charge in [-0.3, -0.25) is 4.90 Å². The first-order valence-corrected chi connectivity index (χ1v) is 5.93. The second-order valence-corrected chi connectivity index (χ2v) is 4.42. The van der Waals surface area contributed by atoms with Gasteiger partial charge in [0.25, 0.3) is 0 Å². The maximum Gasteiger partial charge on any atom is 0.0700 e. The summed E-state index contributed by atoms with van der Waals surface area (Å²) in [5.41, 5.74) is 0. The molecule has 0 aromatic carbocycles. The van der Waals surface area contributed by atoms with E-state index in [1.807, 2.05) is 0 Å². The van der Waals surface area contributed by atoms with Crippen LogP contribution in [0.4, 0.5) is 0 Å². The van der Waals surface area contributed by atoms with E-state index < -0.39 is 0 Å². The van der Waals surface area contributed by atoms with E-state index in [0.29, 0.717) is 6.61 Å². The van der Waals surface area contributed by atoms with Crippen LogP contribution in [0.3, 0.4) is 0 Å². The van der Waals surface area contributed by atoms with Gasteiger partial charge in [0.2, 0.25) is 0 Å². The molecule has 2 saturated heterocycles. The molecule has 0 amide bonds. The maximum atomic E-state index is 5.50. The highest BCUT2D eigenvalue weighted by Crippen LogP contribution is 2.26. The number of rotatable bonds is 6. The number of ether oxygens (including phenoxy) is 2. The Labute approximate surface area is 116 Å². The molecule has 1 N–H and O–H groups in total. The zero-order valence-corrected chi connectivity index (χ0v) is 12.0. The first-order valence-electron chi connectivity index (χ1n) is 5.93. The summed E-state index contributed by atoms with van der Waals surface area (Å²) in [5, 5.41) is 3.46. The molecule has 4 nitrogen and oxygen atoms in total. The summed E-state index contributed by atoms with van der Waals surface area (Å²) < 4.78 is 10.4. The summed E-state index contributed by atoms with van der Waals surface area (Å²) in [6.07, 6.45) is 1.36. The lowest BCUT2D eigenvalue weighted by Gasteiger charge is -2.22. The molecule has 0 saturated carbocycles. The third-order valence-corrected chi connectivity index (χ3v) is 3.51. The van der Waals surface area contributed by atoms with Gasteiger partial charge in [-0.25, -0.2) is 0 Å². The number of hydrogen-bond acceptors (Lipinski definition) is 4. The van der Waals surface area contributed by atoms with Crippen LogP contribution in [0.5, 0.6) is 0 Å². The summed E-state index contributed by atoms with van der Waals surface area (Å²) in [6, 6.07) is 0.774. The lowest BCUT2D eigenvalue weighted by atomic mass is 10.1. The molecule has 0 bridgehead atoms. The highest BCUT2D eigenvalue weighted by Gasteiger charge is 2.36. The molecule has 0 aromatic rings. The van der Waals surface area contributed by atoms with Crippen LogP contribution in [0, 0.1) is 5.92 Å². The topological polar surface area (TPSA) is 33.7 Å². The van der Waals surface area contributed by atoms with Gasteiger partial charge in [-0.1, -0.05) is 0 Å². The summed E-state index contributed by atoms with van der Waals surface area (Å²) >= 11 is 0. The van der Waals surface area contributed by atoms with E-state index in [9.17, 15) is 0 Å². The molecule has 104 valence electrons. The van der Waals surface area contributed by atoms with Crippen LogP contribution >= 0.6 is 24.8 Å². The number of fused-ring (bicyclic) bond motifs is 1. The number of methoxy groups -OCH3 is 1. The zero-order chi connectivity index (χ0) is 10.5. The molecule has 6 heteroatoms. The molecular weight excluding hydrogens is 263 g/mol. The smallest absolute Gasteiger partial charge is 0.0700 e. The van der Waals surface area contributed by atoms with Crippen LogP contribution in [0.25, 0.3) is 0 Å². The van der Waals surface area contributed by atoms with Crippen molar-refractivity contribution in [1.29, 1.82) is 0 Å². The van der Waals surface area contributed by atoms with Gasteiger partial charge >= 0.3 is 0 Å². The van der Waals surface area contributed by atoms with Crippen molar-refractivity contribution in [2.24, 2.45) is 5.92 Å². The minimum absolute atomic E-state index is 0. The van der Waals surface area contributed by atoms with Gasteiger partial charge in [0.1, 0.15) is 0 Å². The predicted molar refractivity (Wildman–Crippen MR) is 73.5 cm³/mol. The molecule has 2 rings (SSSR count). The second kappa shape index (κ2) is 9.36. The predicted octanol–water partition coefficient (Wildman–Crippen LogP) is 0.787. The van der Waals surface area contributed by atoms with Crippen molar-refractivity contribution in [2.75, 3.05) is 53.1 Å². The highest BCUT2D eigenvalue weighted by atomic mass is 35.5. The summed E-state index contributed by atoms with van der Waals surface area (Å²) in [6.45, 7) is 6.97. The first kappa shape index (κ1) is 17.4. The number of nitrogens with one attached hydrogen (secondary N) is 1. The summed E-state index contributed by atoms with van der Waals surface area (Å²) in [4.78, 5) is 2.57. The van der Waals surface area contributed by atoms with E-state index in [1.165, 1.54) is 26.1 Å². The average Bonchev–Trinajstić information content (AvgIpc) is 2.81. The monoisotopic (exact) mass is 286 g/mol. The molecular formula is C11H24Cl2N2O2. The molecule has 17 heavy (non-hydrogen) atoms. The number of nitrogens with zero attached hydrogens (tertiary/aromatic N) is 1. The van der Waals surface area contributed by atoms with Crippen molar-refractivity contribution in [1.82, 2.24) is 10.2 Å². The Kier molecular flexibility index (Phi) is 9.59. The Morgan fingerprint density at radius 2 is 2.00 bits per heavy atom. The molecule has 0 aliphatic carbocycles. The second-order valence-electron chi connectivity index (χ2n) is 4.42. The Hall–Kier alpha value is 0.420. The minimum Gasteiger partial charge on any atom is -0.382 e. The normalized spacial score (nSPS) is 27.4. The number of halogens is 2. The third-order valence-electron chi connectivity index (χ3n) is 3.51.